The minimum Gasteiger partial charge on any atom is -0.334 e. The lowest BCUT2D eigenvalue weighted by molar-refractivity contribution is -0.119. The van der Waals surface area contributed by atoms with Crippen LogP contribution in [0.3, 0.4) is 0 Å². The van der Waals surface area contributed by atoms with E-state index in [-0.39, 0.29) is 18.0 Å². The Kier molecular flexibility index (Phi) is 5.55. The molecule has 3 heterocycles. The van der Waals surface area contributed by atoms with Crippen molar-refractivity contribution in [1.29, 1.82) is 0 Å². The van der Waals surface area contributed by atoms with Gasteiger partial charge in [0, 0.05) is 44.1 Å². The van der Waals surface area contributed by atoms with Crippen LogP contribution in [0, 0.1) is 0 Å². The van der Waals surface area contributed by atoms with Crippen molar-refractivity contribution in [2.45, 2.75) is 44.7 Å². The quantitative estimate of drug-likeness (QED) is 0.883. The summed E-state index contributed by atoms with van der Waals surface area (Å²) in [5.74, 6) is 0.185. The average molecular weight is 378 g/mol. The summed E-state index contributed by atoms with van der Waals surface area (Å²) in [6, 6.07) is 11.9. The summed E-state index contributed by atoms with van der Waals surface area (Å²) in [4.78, 5) is 32.8. The van der Waals surface area contributed by atoms with Crippen LogP contribution in [0.1, 0.15) is 49.3 Å². The third-order valence-corrected chi connectivity index (χ3v) is 5.59. The summed E-state index contributed by atoms with van der Waals surface area (Å²) in [6.07, 6.45) is 8.16. The van der Waals surface area contributed by atoms with E-state index in [1.807, 2.05) is 46.2 Å². The molecule has 1 atom stereocenters. The van der Waals surface area contributed by atoms with Crippen LogP contribution in [0.2, 0.25) is 0 Å². The van der Waals surface area contributed by atoms with Crippen LogP contribution >= 0.6 is 0 Å². The Hall–Kier alpha value is -2.89. The number of amides is 3. The van der Waals surface area contributed by atoms with Gasteiger partial charge in [-0.15, -0.1) is 0 Å². The molecule has 28 heavy (non-hydrogen) atoms. The Labute approximate surface area is 165 Å². The van der Waals surface area contributed by atoms with E-state index in [9.17, 15) is 9.59 Å². The number of anilines is 1. The topological polar surface area (TPSA) is 65.5 Å². The lowest BCUT2D eigenvalue weighted by Crippen LogP contribution is -2.39. The van der Waals surface area contributed by atoms with E-state index in [2.05, 4.69) is 10.3 Å². The molecular weight excluding hydrogens is 352 g/mol. The van der Waals surface area contributed by atoms with Gasteiger partial charge in [-0.25, -0.2) is 4.79 Å². The normalized spacial score (nSPS) is 19.7. The molecule has 0 spiro atoms. The van der Waals surface area contributed by atoms with Crippen LogP contribution in [-0.4, -0.2) is 34.9 Å². The van der Waals surface area contributed by atoms with Crippen LogP contribution < -0.4 is 10.2 Å². The van der Waals surface area contributed by atoms with Crippen molar-refractivity contribution in [3.63, 3.8) is 0 Å². The molecule has 6 nitrogen and oxygen atoms in total. The molecule has 2 saturated heterocycles. The van der Waals surface area contributed by atoms with Crippen LogP contribution in [0.5, 0.6) is 0 Å². The molecule has 146 valence electrons. The van der Waals surface area contributed by atoms with Crippen LogP contribution in [0.4, 0.5) is 10.5 Å². The summed E-state index contributed by atoms with van der Waals surface area (Å²) in [5, 5.41) is 3.05. The van der Waals surface area contributed by atoms with Gasteiger partial charge in [-0.2, -0.15) is 0 Å². The van der Waals surface area contributed by atoms with E-state index < -0.39 is 0 Å². The highest BCUT2D eigenvalue weighted by atomic mass is 16.2. The SMILES string of the molecule is O=C1CCCCN1c1cccc(CNC(=O)N2CCC[C@@H]2c2ccncc2)c1. The van der Waals surface area contributed by atoms with E-state index in [4.69, 9.17) is 0 Å². The zero-order chi connectivity index (χ0) is 19.3. The number of hydrogen-bond acceptors (Lipinski definition) is 3. The number of pyridine rings is 1. The number of carbonyl (C=O) groups is 2. The van der Waals surface area contributed by atoms with Crippen LogP contribution in [0.15, 0.2) is 48.8 Å². The van der Waals surface area contributed by atoms with Gasteiger partial charge < -0.3 is 15.1 Å². The molecule has 0 bridgehead atoms. The number of hydrogen-bond donors (Lipinski definition) is 1. The van der Waals surface area contributed by atoms with Crippen molar-refractivity contribution in [2.24, 2.45) is 0 Å². The first-order valence-corrected chi connectivity index (χ1v) is 10.1. The molecule has 1 aromatic carbocycles. The van der Waals surface area contributed by atoms with Crippen molar-refractivity contribution in [3.8, 4) is 0 Å². The minimum absolute atomic E-state index is 0.0428. The van der Waals surface area contributed by atoms with Gasteiger partial charge in [-0.1, -0.05) is 12.1 Å². The average Bonchev–Trinajstić information content (AvgIpc) is 3.23. The smallest absolute Gasteiger partial charge is 0.318 e. The van der Waals surface area contributed by atoms with E-state index >= 15 is 0 Å². The van der Waals surface area contributed by atoms with Gasteiger partial charge in [-0.05, 0) is 61.1 Å². The molecule has 6 heteroatoms. The monoisotopic (exact) mass is 378 g/mol. The van der Waals surface area contributed by atoms with Gasteiger partial charge in [0.1, 0.15) is 0 Å². The molecule has 0 aliphatic carbocycles. The molecule has 1 N–H and O–H groups in total. The molecule has 0 unspecified atom stereocenters. The zero-order valence-corrected chi connectivity index (χ0v) is 16.0. The number of carbonyl (C=O) groups excluding carboxylic acids is 2. The Morgan fingerprint density at radius 1 is 1.11 bits per heavy atom. The van der Waals surface area contributed by atoms with Crippen molar-refractivity contribution in [3.05, 3.63) is 59.9 Å². The minimum atomic E-state index is -0.0428. The third kappa shape index (κ3) is 4.01. The number of likely N-dealkylation sites (tertiary alicyclic amines) is 1. The second-order valence-corrected chi connectivity index (χ2v) is 7.46. The Morgan fingerprint density at radius 2 is 1.96 bits per heavy atom. The van der Waals surface area contributed by atoms with Crippen LogP contribution in [0.25, 0.3) is 0 Å². The van der Waals surface area contributed by atoms with Crippen LogP contribution in [-0.2, 0) is 11.3 Å². The van der Waals surface area contributed by atoms with Crippen molar-refractivity contribution >= 4 is 17.6 Å². The number of piperidine rings is 1. The van der Waals surface area contributed by atoms with Crippen molar-refractivity contribution < 1.29 is 9.59 Å². The fourth-order valence-electron chi connectivity index (χ4n) is 4.13. The highest BCUT2D eigenvalue weighted by Crippen LogP contribution is 2.31. The predicted molar refractivity (Wildman–Crippen MR) is 108 cm³/mol. The molecular formula is C22H26N4O2. The summed E-state index contributed by atoms with van der Waals surface area (Å²) in [6.45, 7) is 1.99. The molecule has 3 amide bonds. The molecule has 0 radical (unpaired) electrons. The van der Waals surface area contributed by atoms with Gasteiger partial charge in [0.05, 0.1) is 6.04 Å². The van der Waals surface area contributed by atoms with Gasteiger partial charge in [0.2, 0.25) is 5.91 Å². The van der Waals surface area contributed by atoms with E-state index in [1.165, 1.54) is 0 Å². The molecule has 1 aromatic heterocycles. The fourth-order valence-corrected chi connectivity index (χ4v) is 4.13. The highest BCUT2D eigenvalue weighted by Gasteiger charge is 2.29. The first-order valence-electron chi connectivity index (χ1n) is 10.1. The molecule has 2 aliphatic heterocycles. The number of rotatable bonds is 4. The maximum absolute atomic E-state index is 12.8. The summed E-state index contributed by atoms with van der Waals surface area (Å²) in [7, 11) is 0. The number of nitrogens with one attached hydrogen (secondary N) is 1. The van der Waals surface area contributed by atoms with Crippen molar-refractivity contribution in [1.82, 2.24) is 15.2 Å². The molecule has 2 aromatic rings. The first kappa shape index (κ1) is 18.5. The largest absolute Gasteiger partial charge is 0.334 e. The van der Waals surface area contributed by atoms with E-state index in [0.29, 0.717) is 13.0 Å². The lowest BCUT2D eigenvalue weighted by atomic mass is 10.1. The maximum Gasteiger partial charge on any atom is 0.318 e. The molecule has 0 saturated carbocycles. The highest BCUT2D eigenvalue weighted by molar-refractivity contribution is 5.94. The standard InChI is InChI=1S/C22H26N4O2/c27-21-8-1-2-13-25(21)19-6-3-5-17(15-19)16-24-22(28)26-14-4-7-20(26)18-9-11-23-12-10-18/h3,5-6,9-12,15,20H,1-2,4,7-8,13-14,16H2,(H,24,28)/t20-/m1/s1. The third-order valence-electron chi connectivity index (χ3n) is 5.59. The van der Waals surface area contributed by atoms with E-state index in [0.717, 1.165) is 55.6 Å². The number of aromatic nitrogens is 1. The van der Waals surface area contributed by atoms with Gasteiger partial charge in [0.25, 0.3) is 0 Å². The number of urea groups is 1. The second-order valence-electron chi connectivity index (χ2n) is 7.46. The van der Waals surface area contributed by atoms with Gasteiger partial charge >= 0.3 is 6.03 Å². The number of nitrogens with zero attached hydrogens (tertiary/aromatic N) is 3. The molecule has 4 rings (SSSR count). The zero-order valence-electron chi connectivity index (χ0n) is 16.0. The Balaban J connectivity index is 1.39. The first-order chi connectivity index (χ1) is 13.7. The molecule has 2 fully saturated rings. The summed E-state index contributed by atoms with van der Waals surface area (Å²) in [5.41, 5.74) is 3.06. The Morgan fingerprint density at radius 3 is 2.79 bits per heavy atom. The summed E-state index contributed by atoms with van der Waals surface area (Å²) < 4.78 is 0. The van der Waals surface area contributed by atoms with Gasteiger partial charge in [-0.3, -0.25) is 9.78 Å². The lowest BCUT2D eigenvalue weighted by Gasteiger charge is -2.27. The second kappa shape index (κ2) is 8.42. The summed E-state index contributed by atoms with van der Waals surface area (Å²) >= 11 is 0. The fraction of sp³-hybridized carbons (Fsp3) is 0.409. The number of benzene rings is 1. The van der Waals surface area contributed by atoms with Gasteiger partial charge in [0.15, 0.2) is 0 Å². The maximum atomic E-state index is 12.8. The predicted octanol–water partition coefficient (Wildman–Crippen LogP) is 3.65. The Bertz CT molecular complexity index is 839. The van der Waals surface area contributed by atoms with E-state index in [1.54, 1.807) is 12.4 Å². The molecule has 2 aliphatic rings. The van der Waals surface area contributed by atoms with Crippen molar-refractivity contribution in [2.75, 3.05) is 18.0 Å².